The van der Waals surface area contributed by atoms with Crippen LogP contribution in [-0.2, 0) is 4.74 Å². The van der Waals surface area contributed by atoms with Crippen molar-refractivity contribution in [3.05, 3.63) is 34.9 Å². The van der Waals surface area contributed by atoms with Crippen LogP contribution in [0.3, 0.4) is 0 Å². The number of carbonyl (C=O) groups is 1. The van der Waals surface area contributed by atoms with Gasteiger partial charge in [-0.15, -0.1) is 0 Å². The van der Waals surface area contributed by atoms with Gasteiger partial charge in [-0.3, -0.25) is 0 Å². The SMILES string of the molecule is Cc1ccc(C)c(C(O)CNC(=O)OC(C)(C)C)c1. The molecule has 0 fully saturated rings. The molecule has 0 spiro atoms. The van der Waals surface area contributed by atoms with Gasteiger partial charge in [-0.2, -0.15) is 0 Å². The summed E-state index contributed by atoms with van der Waals surface area (Å²) in [5.74, 6) is 0. The van der Waals surface area contributed by atoms with E-state index < -0.39 is 17.8 Å². The van der Waals surface area contributed by atoms with Gasteiger partial charge in [0.15, 0.2) is 0 Å². The molecule has 1 amide bonds. The van der Waals surface area contributed by atoms with E-state index in [9.17, 15) is 9.90 Å². The fourth-order valence-electron chi connectivity index (χ4n) is 1.72. The number of rotatable bonds is 3. The zero-order valence-corrected chi connectivity index (χ0v) is 12.3. The molecule has 0 aromatic heterocycles. The number of hydrogen-bond acceptors (Lipinski definition) is 3. The number of carbonyl (C=O) groups excluding carboxylic acids is 1. The number of amides is 1. The van der Waals surface area contributed by atoms with E-state index in [0.717, 1.165) is 16.7 Å². The molecule has 1 aromatic carbocycles. The summed E-state index contributed by atoms with van der Waals surface area (Å²) < 4.78 is 5.12. The molecule has 4 heteroatoms. The van der Waals surface area contributed by atoms with Gasteiger partial charge in [-0.05, 0) is 45.7 Å². The van der Waals surface area contributed by atoms with Crippen LogP contribution in [0.4, 0.5) is 4.79 Å². The number of ether oxygens (including phenoxy) is 1. The second kappa shape index (κ2) is 6.06. The zero-order chi connectivity index (χ0) is 14.6. The molecular weight excluding hydrogens is 242 g/mol. The van der Waals surface area contributed by atoms with Crippen LogP contribution in [0.1, 0.15) is 43.6 Å². The van der Waals surface area contributed by atoms with Crippen molar-refractivity contribution in [3.63, 3.8) is 0 Å². The first-order valence-corrected chi connectivity index (χ1v) is 6.41. The monoisotopic (exact) mass is 265 g/mol. The van der Waals surface area contributed by atoms with Crippen molar-refractivity contribution < 1.29 is 14.6 Å². The molecule has 19 heavy (non-hydrogen) atoms. The van der Waals surface area contributed by atoms with Crippen LogP contribution in [0, 0.1) is 13.8 Å². The number of benzene rings is 1. The number of nitrogens with one attached hydrogen (secondary N) is 1. The average Bonchev–Trinajstić information content (AvgIpc) is 2.27. The fraction of sp³-hybridized carbons (Fsp3) is 0.533. The lowest BCUT2D eigenvalue weighted by Crippen LogP contribution is -2.34. The minimum atomic E-state index is -0.729. The lowest BCUT2D eigenvalue weighted by atomic mass is 10.0. The number of hydrogen-bond donors (Lipinski definition) is 2. The lowest BCUT2D eigenvalue weighted by Gasteiger charge is -2.21. The van der Waals surface area contributed by atoms with E-state index in [1.165, 1.54) is 0 Å². The first-order chi connectivity index (χ1) is 8.69. The molecule has 1 rings (SSSR count). The van der Waals surface area contributed by atoms with Crippen LogP contribution in [-0.4, -0.2) is 23.3 Å². The molecule has 0 heterocycles. The van der Waals surface area contributed by atoms with Gasteiger partial charge in [0, 0.05) is 0 Å². The topological polar surface area (TPSA) is 58.6 Å². The van der Waals surface area contributed by atoms with Crippen LogP contribution in [0.5, 0.6) is 0 Å². The summed E-state index contributed by atoms with van der Waals surface area (Å²) in [6.07, 6.45) is -1.25. The minimum Gasteiger partial charge on any atom is -0.444 e. The summed E-state index contributed by atoms with van der Waals surface area (Å²) in [6, 6.07) is 5.88. The maximum Gasteiger partial charge on any atom is 0.407 e. The summed E-state index contributed by atoms with van der Waals surface area (Å²) in [5, 5.41) is 12.7. The van der Waals surface area contributed by atoms with Crippen molar-refractivity contribution >= 4 is 6.09 Å². The summed E-state index contributed by atoms with van der Waals surface area (Å²) in [4.78, 5) is 11.5. The highest BCUT2D eigenvalue weighted by Crippen LogP contribution is 2.18. The molecule has 0 aliphatic rings. The Labute approximate surface area is 114 Å². The summed E-state index contributed by atoms with van der Waals surface area (Å²) in [6.45, 7) is 9.44. The highest BCUT2D eigenvalue weighted by atomic mass is 16.6. The Morgan fingerprint density at radius 3 is 2.58 bits per heavy atom. The maximum atomic E-state index is 11.5. The summed E-state index contributed by atoms with van der Waals surface area (Å²) in [7, 11) is 0. The molecule has 0 saturated heterocycles. The molecular formula is C15H23NO3. The van der Waals surface area contributed by atoms with E-state index in [-0.39, 0.29) is 6.54 Å². The van der Waals surface area contributed by atoms with E-state index in [2.05, 4.69) is 5.32 Å². The Hall–Kier alpha value is -1.55. The molecule has 0 saturated carbocycles. The highest BCUT2D eigenvalue weighted by Gasteiger charge is 2.17. The molecule has 2 N–H and O–H groups in total. The number of alkyl carbamates (subject to hydrolysis) is 1. The van der Waals surface area contributed by atoms with E-state index in [0.29, 0.717) is 0 Å². The Bertz CT molecular complexity index is 449. The number of aryl methyl sites for hydroxylation is 2. The molecule has 0 aliphatic heterocycles. The molecule has 1 unspecified atom stereocenters. The Kier molecular flexibility index (Phi) is 4.95. The van der Waals surface area contributed by atoms with Gasteiger partial charge in [0.25, 0.3) is 0 Å². The smallest absolute Gasteiger partial charge is 0.407 e. The predicted molar refractivity (Wildman–Crippen MR) is 75.1 cm³/mol. The minimum absolute atomic E-state index is 0.138. The standard InChI is InChI=1S/C15H23NO3/c1-10-6-7-11(2)12(8-10)13(17)9-16-14(18)19-15(3,4)5/h6-8,13,17H,9H2,1-5H3,(H,16,18). The van der Waals surface area contributed by atoms with E-state index in [1.54, 1.807) is 20.8 Å². The van der Waals surface area contributed by atoms with Gasteiger partial charge in [0.1, 0.15) is 5.60 Å². The van der Waals surface area contributed by atoms with Gasteiger partial charge >= 0.3 is 6.09 Å². The van der Waals surface area contributed by atoms with Crippen LogP contribution < -0.4 is 5.32 Å². The molecule has 0 bridgehead atoms. The first-order valence-electron chi connectivity index (χ1n) is 6.41. The van der Waals surface area contributed by atoms with Gasteiger partial charge in [-0.25, -0.2) is 4.79 Å². The van der Waals surface area contributed by atoms with Crippen LogP contribution in [0.25, 0.3) is 0 Å². The molecule has 1 aromatic rings. The van der Waals surface area contributed by atoms with Gasteiger partial charge in [0.05, 0.1) is 12.6 Å². The van der Waals surface area contributed by atoms with E-state index in [4.69, 9.17) is 4.74 Å². The number of aliphatic hydroxyl groups is 1. The molecule has 1 atom stereocenters. The van der Waals surface area contributed by atoms with Crippen molar-refractivity contribution in [2.75, 3.05) is 6.54 Å². The highest BCUT2D eigenvalue weighted by molar-refractivity contribution is 5.67. The predicted octanol–water partition coefficient (Wildman–Crippen LogP) is 2.86. The van der Waals surface area contributed by atoms with E-state index in [1.807, 2.05) is 32.0 Å². The van der Waals surface area contributed by atoms with Crippen molar-refractivity contribution in [1.82, 2.24) is 5.32 Å². The average molecular weight is 265 g/mol. The normalized spacial score (nSPS) is 12.9. The summed E-state index contributed by atoms with van der Waals surface area (Å²) in [5.41, 5.74) is 2.38. The Balaban J connectivity index is 2.58. The zero-order valence-electron chi connectivity index (χ0n) is 12.3. The summed E-state index contributed by atoms with van der Waals surface area (Å²) >= 11 is 0. The fourth-order valence-corrected chi connectivity index (χ4v) is 1.72. The molecule has 0 radical (unpaired) electrons. The van der Waals surface area contributed by atoms with Gasteiger partial charge in [-0.1, -0.05) is 23.8 Å². The van der Waals surface area contributed by atoms with Crippen molar-refractivity contribution in [1.29, 1.82) is 0 Å². The Morgan fingerprint density at radius 2 is 2.00 bits per heavy atom. The third-order valence-corrected chi connectivity index (χ3v) is 2.63. The lowest BCUT2D eigenvalue weighted by molar-refractivity contribution is 0.0491. The molecule has 106 valence electrons. The van der Waals surface area contributed by atoms with E-state index >= 15 is 0 Å². The third kappa shape index (κ3) is 5.30. The first kappa shape index (κ1) is 15.5. The van der Waals surface area contributed by atoms with Crippen LogP contribution >= 0.6 is 0 Å². The number of aliphatic hydroxyl groups excluding tert-OH is 1. The van der Waals surface area contributed by atoms with Crippen molar-refractivity contribution in [2.24, 2.45) is 0 Å². The third-order valence-electron chi connectivity index (χ3n) is 2.63. The van der Waals surface area contributed by atoms with Gasteiger partial charge in [0.2, 0.25) is 0 Å². The Morgan fingerprint density at radius 1 is 1.37 bits per heavy atom. The quantitative estimate of drug-likeness (QED) is 0.883. The molecule has 0 aliphatic carbocycles. The van der Waals surface area contributed by atoms with Crippen LogP contribution in [0.15, 0.2) is 18.2 Å². The largest absolute Gasteiger partial charge is 0.444 e. The van der Waals surface area contributed by atoms with Crippen molar-refractivity contribution in [2.45, 2.75) is 46.3 Å². The van der Waals surface area contributed by atoms with Crippen LogP contribution in [0.2, 0.25) is 0 Å². The molecule has 4 nitrogen and oxygen atoms in total. The van der Waals surface area contributed by atoms with Crippen molar-refractivity contribution in [3.8, 4) is 0 Å². The second-order valence-corrected chi connectivity index (χ2v) is 5.76. The maximum absolute atomic E-state index is 11.5. The second-order valence-electron chi connectivity index (χ2n) is 5.76. The van der Waals surface area contributed by atoms with Gasteiger partial charge < -0.3 is 15.2 Å².